The van der Waals surface area contributed by atoms with Gasteiger partial charge >= 0.3 is 11.9 Å². The molecule has 0 aromatic heterocycles. The van der Waals surface area contributed by atoms with E-state index in [2.05, 4.69) is 0 Å². The Bertz CT molecular complexity index is 386. The van der Waals surface area contributed by atoms with Gasteiger partial charge < -0.3 is 9.84 Å². The average Bonchev–Trinajstić information content (AvgIpc) is 2.36. The Kier molecular flexibility index (Phi) is 5.91. The number of carboxylic acids is 1. The Morgan fingerprint density at radius 2 is 1.94 bits per heavy atom. The molecule has 0 aliphatic rings. The van der Waals surface area contributed by atoms with Crippen LogP contribution in [0.15, 0.2) is 30.3 Å². The second-order valence-corrected chi connectivity index (χ2v) is 4.18. The van der Waals surface area contributed by atoms with Crippen LogP contribution in [-0.2, 0) is 20.9 Å². The van der Waals surface area contributed by atoms with Crippen LogP contribution in [-0.4, -0.2) is 17.0 Å². The van der Waals surface area contributed by atoms with E-state index in [4.69, 9.17) is 9.84 Å². The van der Waals surface area contributed by atoms with E-state index in [1.54, 1.807) is 0 Å². The molecule has 1 rings (SSSR count). The fourth-order valence-corrected chi connectivity index (χ4v) is 1.71. The number of benzene rings is 1. The molecule has 0 aliphatic heterocycles. The summed E-state index contributed by atoms with van der Waals surface area (Å²) in [5, 5.41) is 8.74. The molecular weight excluding hydrogens is 232 g/mol. The number of esters is 1. The second-order valence-electron chi connectivity index (χ2n) is 4.18. The van der Waals surface area contributed by atoms with Crippen molar-refractivity contribution in [3.63, 3.8) is 0 Å². The zero-order valence-electron chi connectivity index (χ0n) is 10.5. The predicted molar refractivity (Wildman–Crippen MR) is 66.9 cm³/mol. The van der Waals surface area contributed by atoms with Crippen molar-refractivity contribution in [2.45, 2.75) is 32.8 Å². The Hall–Kier alpha value is -1.84. The molecule has 0 aliphatic carbocycles. The van der Waals surface area contributed by atoms with Crippen LogP contribution in [0.4, 0.5) is 0 Å². The van der Waals surface area contributed by atoms with Crippen molar-refractivity contribution in [3.05, 3.63) is 35.9 Å². The molecule has 0 radical (unpaired) electrons. The largest absolute Gasteiger partial charge is 0.481 e. The summed E-state index contributed by atoms with van der Waals surface area (Å²) < 4.78 is 5.14. The molecule has 4 heteroatoms. The molecule has 0 amide bonds. The van der Waals surface area contributed by atoms with E-state index in [1.165, 1.54) is 0 Å². The first-order valence-electron chi connectivity index (χ1n) is 6.05. The van der Waals surface area contributed by atoms with E-state index < -0.39 is 17.9 Å². The molecule has 1 aromatic carbocycles. The van der Waals surface area contributed by atoms with E-state index in [1.807, 2.05) is 37.3 Å². The molecule has 1 atom stereocenters. The van der Waals surface area contributed by atoms with Crippen LogP contribution in [0.5, 0.6) is 0 Å². The first-order chi connectivity index (χ1) is 8.63. The van der Waals surface area contributed by atoms with Crippen molar-refractivity contribution in [2.24, 2.45) is 5.92 Å². The first-order valence-corrected chi connectivity index (χ1v) is 6.05. The van der Waals surface area contributed by atoms with E-state index in [9.17, 15) is 9.59 Å². The monoisotopic (exact) mass is 250 g/mol. The molecule has 1 N–H and O–H groups in total. The van der Waals surface area contributed by atoms with Crippen LogP contribution in [0.2, 0.25) is 0 Å². The fourth-order valence-electron chi connectivity index (χ4n) is 1.71. The number of ether oxygens (including phenoxy) is 1. The van der Waals surface area contributed by atoms with Crippen LogP contribution in [0, 0.1) is 5.92 Å². The molecular formula is C14H18O4. The van der Waals surface area contributed by atoms with Crippen molar-refractivity contribution in [1.82, 2.24) is 0 Å². The molecule has 0 bridgehead atoms. The van der Waals surface area contributed by atoms with Gasteiger partial charge in [-0.05, 0) is 12.0 Å². The summed E-state index contributed by atoms with van der Waals surface area (Å²) >= 11 is 0. The molecule has 1 aromatic rings. The third kappa shape index (κ3) is 4.99. The van der Waals surface area contributed by atoms with Gasteiger partial charge in [-0.1, -0.05) is 43.7 Å². The van der Waals surface area contributed by atoms with Gasteiger partial charge in [0.25, 0.3) is 0 Å². The van der Waals surface area contributed by atoms with Crippen molar-refractivity contribution in [3.8, 4) is 0 Å². The van der Waals surface area contributed by atoms with Gasteiger partial charge in [-0.15, -0.1) is 0 Å². The van der Waals surface area contributed by atoms with Gasteiger partial charge in [0.2, 0.25) is 0 Å². The highest BCUT2D eigenvalue weighted by Crippen LogP contribution is 2.14. The average molecular weight is 250 g/mol. The number of carbonyl (C=O) groups excluding carboxylic acids is 1. The van der Waals surface area contributed by atoms with E-state index >= 15 is 0 Å². The van der Waals surface area contributed by atoms with Gasteiger partial charge in [0.1, 0.15) is 6.61 Å². The van der Waals surface area contributed by atoms with Gasteiger partial charge in [0.15, 0.2) is 0 Å². The number of aliphatic carboxylic acids is 1. The Morgan fingerprint density at radius 3 is 2.50 bits per heavy atom. The minimum absolute atomic E-state index is 0.165. The van der Waals surface area contributed by atoms with Gasteiger partial charge in [-0.2, -0.15) is 0 Å². The SMILES string of the molecule is CCC[C@@H](CC(=O)O)C(=O)OCc1ccccc1. The highest BCUT2D eigenvalue weighted by Gasteiger charge is 2.22. The van der Waals surface area contributed by atoms with Crippen molar-refractivity contribution in [1.29, 1.82) is 0 Å². The van der Waals surface area contributed by atoms with Gasteiger partial charge in [-0.3, -0.25) is 9.59 Å². The Morgan fingerprint density at radius 1 is 1.28 bits per heavy atom. The summed E-state index contributed by atoms with van der Waals surface area (Å²) in [7, 11) is 0. The summed E-state index contributed by atoms with van der Waals surface area (Å²) in [6.07, 6.45) is 1.14. The quantitative estimate of drug-likeness (QED) is 0.755. The number of rotatable bonds is 7. The third-order valence-corrected chi connectivity index (χ3v) is 2.62. The predicted octanol–water partition coefficient (Wildman–Crippen LogP) is 2.62. The van der Waals surface area contributed by atoms with E-state index in [0.29, 0.717) is 6.42 Å². The fraction of sp³-hybridized carbons (Fsp3) is 0.429. The van der Waals surface area contributed by atoms with Gasteiger partial charge in [0, 0.05) is 0 Å². The lowest BCUT2D eigenvalue weighted by molar-refractivity contribution is -0.154. The lowest BCUT2D eigenvalue weighted by atomic mass is 10.0. The van der Waals surface area contributed by atoms with Crippen LogP contribution < -0.4 is 0 Å². The Balaban J connectivity index is 2.48. The van der Waals surface area contributed by atoms with E-state index in [-0.39, 0.29) is 13.0 Å². The summed E-state index contributed by atoms with van der Waals surface area (Å²) in [5.74, 6) is -1.94. The van der Waals surface area contributed by atoms with Gasteiger partial charge in [-0.25, -0.2) is 0 Å². The maximum Gasteiger partial charge on any atom is 0.309 e. The molecule has 0 heterocycles. The standard InChI is InChI=1S/C14H18O4/c1-2-6-12(9-13(15)16)14(17)18-10-11-7-4-3-5-8-11/h3-5,7-8,12H,2,6,9-10H2,1H3,(H,15,16)/t12-/m0/s1. The normalized spacial score (nSPS) is 11.8. The topological polar surface area (TPSA) is 63.6 Å². The third-order valence-electron chi connectivity index (χ3n) is 2.62. The molecule has 0 fully saturated rings. The second kappa shape index (κ2) is 7.48. The molecule has 18 heavy (non-hydrogen) atoms. The maximum atomic E-state index is 11.8. The summed E-state index contributed by atoms with van der Waals surface area (Å²) in [4.78, 5) is 22.4. The molecule has 0 spiro atoms. The summed E-state index contributed by atoms with van der Waals surface area (Å²) in [6, 6.07) is 9.34. The van der Waals surface area contributed by atoms with Crippen LogP contribution in [0.25, 0.3) is 0 Å². The molecule has 0 saturated carbocycles. The minimum Gasteiger partial charge on any atom is -0.481 e. The lowest BCUT2D eigenvalue weighted by Gasteiger charge is -2.13. The zero-order valence-corrected chi connectivity index (χ0v) is 10.5. The van der Waals surface area contributed by atoms with Crippen LogP contribution in [0.3, 0.4) is 0 Å². The van der Waals surface area contributed by atoms with Crippen molar-refractivity contribution >= 4 is 11.9 Å². The number of carbonyl (C=O) groups is 2. The summed E-state index contributed by atoms with van der Waals surface area (Å²) in [5.41, 5.74) is 0.899. The highest BCUT2D eigenvalue weighted by atomic mass is 16.5. The van der Waals surface area contributed by atoms with Crippen molar-refractivity contribution < 1.29 is 19.4 Å². The molecule has 0 saturated heterocycles. The maximum absolute atomic E-state index is 11.8. The summed E-state index contributed by atoms with van der Waals surface area (Å²) in [6.45, 7) is 2.11. The molecule has 4 nitrogen and oxygen atoms in total. The Labute approximate surface area is 107 Å². The van der Waals surface area contributed by atoms with Crippen LogP contribution in [0.1, 0.15) is 31.7 Å². The molecule has 98 valence electrons. The smallest absolute Gasteiger partial charge is 0.309 e. The first kappa shape index (κ1) is 14.2. The lowest BCUT2D eigenvalue weighted by Crippen LogP contribution is -2.20. The number of hydrogen-bond acceptors (Lipinski definition) is 3. The van der Waals surface area contributed by atoms with Crippen LogP contribution >= 0.6 is 0 Å². The minimum atomic E-state index is -0.967. The number of hydrogen-bond donors (Lipinski definition) is 1. The van der Waals surface area contributed by atoms with Crippen molar-refractivity contribution in [2.75, 3.05) is 0 Å². The van der Waals surface area contributed by atoms with Gasteiger partial charge in [0.05, 0.1) is 12.3 Å². The highest BCUT2D eigenvalue weighted by molar-refractivity contribution is 5.79. The molecule has 0 unspecified atom stereocenters. The zero-order chi connectivity index (χ0) is 13.4. The number of carboxylic acid groups (broad SMARTS) is 1. The van der Waals surface area contributed by atoms with E-state index in [0.717, 1.165) is 12.0 Å².